The molecule has 15 nitrogen and oxygen atoms in total. The van der Waals surface area contributed by atoms with Gasteiger partial charge in [0.2, 0.25) is 5.91 Å². The van der Waals surface area contributed by atoms with Crippen LogP contribution in [0.2, 0.25) is 0 Å². The van der Waals surface area contributed by atoms with E-state index in [1.165, 1.54) is 17.9 Å². The Morgan fingerprint density at radius 1 is 1.24 bits per heavy atom. The van der Waals surface area contributed by atoms with Gasteiger partial charge in [0.25, 0.3) is 5.56 Å². The van der Waals surface area contributed by atoms with E-state index in [4.69, 9.17) is 15.9 Å². The van der Waals surface area contributed by atoms with Crippen molar-refractivity contribution in [1.29, 1.82) is 0 Å². The minimum atomic E-state index is -0.493. The molecule has 0 atom stereocenters. The molecule has 0 aliphatic carbocycles. The van der Waals surface area contributed by atoms with Gasteiger partial charge in [-0.25, -0.2) is 14.8 Å². The number of aromatic nitrogens is 4. The van der Waals surface area contributed by atoms with Gasteiger partial charge in [-0.1, -0.05) is 10.2 Å². The second kappa shape index (κ2) is 9.94. The number of imidazole rings is 1. The average Bonchev–Trinajstić information content (AvgIpc) is 3.10. The van der Waals surface area contributed by atoms with Crippen molar-refractivity contribution in [1.82, 2.24) is 23.7 Å². The Labute approximate surface area is 162 Å². The molecule has 0 saturated heterocycles. The van der Waals surface area contributed by atoms with Crippen LogP contribution < -0.4 is 11.2 Å². The predicted molar refractivity (Wildman–Crippen MR) is 100 cm³/mol. The molecular weight excluding hydrogens is 386 g/mol. The summed E-state index contributed by atoms with van der Waals surface area (Å²) >= 11 is 0. The van der Waals surface area contributed by atoms with E-state index in [0.29, 0.717) is 24.0 Å². The molecule has 29 heavy (non-hydrogen) atoms. The fourth-order valence-electron chi connectivity index (χ4n) is 2.66. The number of carbonyl (C=O) groups is 1. The topological polar surface area (TPSA) is 189 Å². The Morgan fingerprint density at radius 3 is 2.66 bits per heavy atom. The van der Waals surface area contributed by atoms with Crippen LogP contribution in [-0.2, 0) is 30.3 Å². The predicted octanol–water partition coefficient (Wildman–Crippen LogP) is 0.900. The lowest BCUT2D eigenvalue weighted by molar-refractivity contribution is -0.185. The highest BCUT2D eigenvalue weighted by Gasteiger charge is 2.16. The maximum absolute atomic E-state index is 12.6. The number of azide groups is 2. The lowest BCUT2D eigenvalue weighted by Crippen LogP contribution is -2.39. The first-order chi connectivity index (χ1) is 13.9. The van der Waals surface area contributed by atoms with Crippen molar-refractivity contribution in [3.8, 4) is 0 Å². The number of aryl methyl sites for hydroxylation is 2. The van der Waals surface area contributed by atoms with E-state index >= 15 is 0 Å². The summed E-state index contributed by atoms with van der Waals surface area (Å²) in [4.78, 5) is 51.2. The third-order valence-electron chi connectivity index (χ3n) is 4.09. The van der Waals surface area contributed by atoms with E-state index < -0.39 is 23.9 Å². The van der Waals surface area contributed by atoms with Crippen LogP contribution in [0.1, 0.15) is 19.3 Å². The summed E-state index contributed by atoms with van der Waals surface area (Å²) in [6.45, 7) is -0.692. The number of hydrogen-bond donors (Lipinski definition) is 0. The minimum absolute atomic E-state index is 0.0141. The molecule has 0 saturated carbocycles. The number of carbonyl (C=O) groups excluding carboxylic acids is 1. The molecular formula is C14H19N11O4. The summed E-state index contributed by atoms with van der Waals surface area (Å²) in [5.74, 6) is -0.493. The average molecular weight is 405 g/mol. The molecule has 0 spiro atoms. The van der Waals surface area contributed by atoms with Gasteiger partial charge in [-0.2, -0.15) is 0 Å². The second-order valence-electron chi connectivity index (χ2n) is 5.92. The number of hydroxylamine groups is 2. The first kappa shape index (κ1) is 21.5. The SMILES string of the molecule is Cn1cnc2c1c(=O)n(CCCCC(=O)N(CN=[N+]=[N-])OCN=[N+]=[N-])c(=O)n2C. The molecule has 0 aliphatic rings. The number of fused-ring (bicyclic) bond motifs is 1. The van der Waals surface area contributed by atoms with Crippen molar-refractivity contribution < 1.29 is 9.63 Å². The molecule has 2 heterocycles. The summed E-state index contributed by atoms with van der Waals surface area (Å²) in [6, 6.07) is 0. The third kappa shape index (κ3) is 4.93. The van der Waals surface area contributed by atoms with Gasteiger partial charge in [0, 0.05) is 36.9 Å². The molecule has 0 aliphatic heterocycles. The summed E-state index contributed by atoms with van der Waals surface area (Å²) in [5.41, 5.74) is 16.3. The molecule has 2 rings (SSSR count). The van der Waals surface area contributed by atoms with Crippen LogP contribution in [0.25, 0.3) is 32.0 Å². The number of hydrogen-bond acceptors (Lipinski definition) is 7. The van der Waals surface area contributed by atoms with Crippen LogP contribution in [0.15, 0.2) is 26.1 Å². The van der Waals surface area contributed by atoms with Gasteiger partial charge in [-0.05, 0) is 23.9 Å². The lowest BCUT2D eigenvalue weighted by Gasteiger charge is -2.18. The summed E-state index contributed by atoms with van der Waals surface area (Å²) in [7, 11) is 3.20. The fraction of sp³-hybridized carbons (Fsp3) is 0.571. The maximum atomic E-state index is 12.6. The van der Waals surface area contributed by atoms with Gasteiger partial charge >= 0.3 is 5.69 Å². The first-order valence-electron chi connectivity index (χ1n) is 8.48. The van der Waals surface area contributed by atoms with Gasteiger partial charge in [0.05, 0.1) is 6.33 Å². The van der Waals surface area contributed by atoms with Crippen LogP contribution >= 0.6 is 0 Å². The monoisotopic (exact) mass is 405 g/mol. The molecule has 154 valence electrons. The van der Waals surface area contributed by atoms with Gasteiger partial charge in [-0.15, -0.1) is 0 Å². The lowest BCUT2D eigenvalue weighted by atomic mass is 10.2. The van der Waals surface area contributed by atoms with E-state index in [-0.39, 0.29) is 19.6 Å². The highest BCUT2D eigenvalue weighted by Crippen LogP contribution is 2.06. The van der Waals surface area contributed by atoms with Crippen LogP contribution in [0.3, 0.4) is 0 Å². The molecule has 0 radical (unpaired) electrons. The normalized spacial score (nSPS) is 10.4. The molecule has 2 aromatic rings. The van der Waals surface area contributed by atoms with Crippen molar-refractivity contribution in [2.45, 2.75) is 25.8 Å². The van der Waals surface area contributed by atoms with Gasteiger partial charge in [-0.3, -0.25) is 23.6 Å². The third-order valence-corrected chi connectivity index (χ3v) is 4.09. The quantitative estimate of drug-likeness (QED) is 0.186. The molecule has 0 unspecified atom stereocenters. The minimum Gasteiger partial charge on any atom is -0.328 e. The molecule has 15 heteroatoms. The zero-order valence-corrected chi connectivity index (χ0v) is 15.9. The largest absolute Gasteiger partial charge is 0.332 e. The molecule has 0 fully saturated rings. The number of nitrogens with zero attached hydrogens (tertiary/aromatic N) is 11. The summed E-state index contributed by atoms with van der Waals surface area (Å²) < 4.78 is 3.95. The highest BCUT2D eigenvalue weighted by molar-refractivity contribution is 5.75. The van der Waals surface area contributed by atoms with Crippen molar-refractivity contribution in [3.05, 3.63) is 48.1 Å². The molecule has 1 amide bonds. The smallest absolute Gasteiger partial charge is 0.328 e. The Hall–Kier alpha value is -3.80. The highest BCUT2D eigenvalue weighted by atomic mass is 16.7. The number of rotatable bonds is 10. The van der Waals surface area contributed by atoms with Gasteiger partial charge < -0.3 is 4.57 Å². The summed E-state index contributed by atoms with van der Waals surface area (Å²) in [5, 5.41) is 7.17. The molecule has 0 aromatic carbocycles. The van der Waals surface area contributed by atoms with E-state index in [2.05, 4.69) is 25.0 Å². The van der Waals surface area contributed by atoms with E-state index in [0.717, 1.165) is 9.63 Å². The Bertz CT molecular complexity index is 1100. The van der Waals surface area contributed by atoms with Gasteiger partial charge in [0.15, 0.2) is 17.9 Å². The number of unbranched alkanes of at least 4 members (excludes halogenated alkanes) is 1. The van der Waals surface area contributed by atoms with Crippen LogP contribution in [-0.4, -0.2) is 43.1 Å². The van der Waals surface area contributed by atoms with E-state index in [9.17, 15) is 14.4 Å². The zero-order valence-electron chi connectivity index (χ0n) is 15.9. The standard InChI is InChI=1S/C14H19N11O4/c1-22-7-17-12-11(22)13(27)24(14(28)23(12)2)6-4-3-5-10(26)25(8-18-20-15)29-9-19-21-16/h7H,3-6,8-9H2,1-2H3. The Morgan fingerprint density at radius 2 is 1.97 bits per heavy atom. The van der Waals surface area contributed by atoms with Crippen molar-refractivity contribution in [3.63, 3.8) is 0 Å². The fourth-order valence-corrected chi connectivity index (χ4v) is 2.66. The first-order valence-corrected chi connectivity index (χ1v) is 8.48. The van der Waals surface area contributed by atoms with Crippen molar-refractivity contribution in [2.24, 2.45) is 24.3 Å². The summed E-state index contributed by atoms with van der Waals surface area (Å²) in [6.07, 6.45) is 2.19. The van der Waals surface area contributed by atoms with Gasteiger partial charge in [0.1, 0.15) is 6.67 Å². The van der Waals surface area contributed by atoms with Crippen LogP contribution in [0.5, 0.6) is 0 Å². The Kier molecular flexibility index (Phi) is 7.37. The molecule has 0 bridgehead atoms. The van der Waals surface area contributed by atoms with Crippen LogP contribution in [0.4, 0.5) is 0 Å². The molecule has 0 N–H and O–H groups in total. The van der Waals surface area contributed by atoms with E-state index in [1.807, 2.05) is 0 Å². The van der Waals surface area contributed by atoms with Crippen molar-refractivity contribution >= 4 is 17.1 Å². The maximum Gasteiger partial charge on any atom is 0.332 e. The van der Waals surface area contributed by atoms with Crippen molar-refractivity contribution in [2.75, 3.05) is 13.4 Å². The van der Waals surface area contributed by atoms with E-state index in [1.54, 1.807) is 11.6 Å². The van der Waals surface area contributed by atoms with Crippen LogP contribution in [0, 0.1) is 0 Å². The molecule has 2 aromatic heterocycles. The zero-order chi connectivity index (χ0) is 21.4. The number of amides is 1. The second-order valence-corrected chi connectivity index (χ2v) is 5.92. The Balaban J connectivity index is 2.02.